The second-order valence-electron chi connectivity index (χ2n) is 12.0. The number of benzene rings is 1. The molecule has 2 saturated heterocycles. The lowest BCUT2D eigenvalue weighted by Crippen LogP contribution is -2.54. The van der Waals surface area contributed by atoms with E-state index < -0.39 is 11.7 Å². The number of aryl methyl sites for hydroxylation is 1. The Labute approximate surface area is 255 Å². The summed E-state index contributed by atoms with van der Waals surface area (Å²) in [5.74, 6) is 0.113. The molecule has 4 aliphatic rings. The summed E-state index contributed by atoms with van der Waals surface area (Å²) in [6.07, 6.45) is 0.824. The second-order valence-corrected chi connectivity index (χ2v) is 12.0. The van der Waals surface area contributed by atoms with Crippen molar-refractivity contribution in [1.82, 2.24) is 30.2 Å². The molecule has 0 radical (unpaired) electrons. The van der Waals surface area contributed by atoms with E-state index in [2.05, 4.69) is 20.6 Å². The van der Waals surface area contributed by atoms with Crippen LogP contribution < -0.4 is 20.4 Å². The number of hydrogen-bond acceptors (Lipinski definition) is 7. The number of piperidine rings is 1. The number of likely N-dealkylation sites (N-methyl/N-ethyl adjacent to an activating group) is 1. The molecule has 0 atom stereocenters. The number of fused-ring (bicyclic) bond motifs is 1. The second kappa shape index (κ2) is 12.0. The lowest BCUT2D eigenvalue weighted by atomic mass is 9.96. The average molecular weight is 616 g/mol. The van der Waals surface area contributed by atoms with Crippen LogP contribution >= 0.6 is 0 Å². The van der Waals surface area contributed by atoms with Crippen LogP contribution in [0.15, 0.2) is 35.8 Å². The standard InChI is InChI=1S/C30H40F3N9O2/c1-35-29(43)41-9-6-25(37-20-4-7-40(8-5-20)21-17-44-18-21)23(16-41)28(34)42-11-10-38(2)26-12-22(19-14-36-39(3)15-19)24(13-27(26)42)30(31,32)33/h12-15,20-21,34,37H,4-11,16-18H2,1-3H3,(H,35,43). The van der Waals surface area contributed by atoms with E-state index in [1.807, 2.05) is 11.9 Å². The van der Waals surface area contributed by atoms with E-state index in [0.29, 0.717) is 54.6 Å². The van der Waals surface area contributed by atoms with Gasteiger partial charge < -0.3 is 30.1 Å². The van der Waals surface area contributed by atoms with E-state index in [4.69, 9.17) is 4.74 Å². The number of nitrogens with one attached hydrogen (secondary N) is 3. The molecule has 238 valence electrons. The van der Waals surface area contributed by atoms with Crippen LogP contribution in [0.4, 0.5) is 29.3 Å². The van der Waals surface area contributed by atoms with Crippen LogP contribution in [0.5, 0.6) is 0 Å². The van der Waals surface area contributed by atoms with Gasteiger partial charge in [0.2, 0.25) is 0 Å². The first kappa shape index (κ1) is 30.3. The van der Waals surface area contributed by atoms with E-state index >= 15 is 0 Å². The Morgan fingerprint density at radius 2 is 1.82 bits per heavy atom. The number of amides is 2. The Balaban J connectivity index is 1.34. The number of urea groups is 1. The maximum absolute atomic E-state index is 14.5. The van der Waals surface area contributed by atoms with Gasteiger partial charge in [-0.25, -0.2) is 4.79 Å². The summed E-state index contributed by atoms with van der Waals surface area (Å²) >= 11 is 0. The molecule has 4 aliphatic heterocycles. The van der Waals surface area contributed by atoms with Gasteiger partial charge in [0.15, 0.2) is 0 Å². The fourth-order valence-corrected chi connectivity index (χ4v) is 6.58. The predicted octanol–water partition coefficient (Wildman–Crippen LogP) is 3.09. The number of rotatable bonds is 5. The molecule has 2 aromatic rings. The van der Waals surface area contributed by atoms with Gasteiger partial charge >= 0.3 is 12.2 Å². The van der Waals surface area contributed by atoms with Crippen molar-refractivity contribution in [2.45, 2.75) is 37.5 Å². The van der Waals surface area contributed by atoms with Crippen molar-refractivity contribution in [3.8, 4) is 11.1 Å². The van der Waals surface area contributed by atoms with Gasteiger partial charge in [0.05, 0.1) is 48.9 Å². The molecule has 0 bridgehead atoms. The highest BCUT2D eigenvalue weighted by Gasteiger charge is 2.39. The Kier molecular flexibility index (Phi) is 8.22. The molecule has 2 amide bonds. The van der Waals surface area contributed by atoms with Crippen LogP contribution in [0.1, 0.15) is 24.8 Å². The molecule has 0 unspecified atom stereocenters. The summed E-state index contributed by atoms with van der Waals surface area (Å²) in [6, 6.07) is 3.18. The highest BCUT2D eigenvalue weighted by molar-refractivity contribution is 6.11. The van der Waals surface area contributed by atoms with Gasteiger partial charge in [-0.1, -0.05) is 0 Å². The van der Waals surface area contributed by atoms with Crippen molar-refractivity contribution >= 4 is 23.2 Å². The maximum atomic E-state index is 14.5. The number of carbonyl (C=O) groups excluding carboxylic acids is 1. The molecule has 1 aromatic carbocycles. The SMILES string of the molecule is CNC(=O)N1CCC(NC2CCN(C3COC3)CC2)=C(C(=N)N2CCN(C)c3cc(-c4cnn(C)c4)c(C(F)(F)F)cc32)C1. The number of likely N-dealkylation sites (tertiary alicyclic amines) is 1. The third-order valence-corrected chi connectivity index (χ3v) is 9.24. The van der Waals surface area contributed by atoms with Crippen molar-refractivity contribution in [3.63, 3.8) is 0 Å². The first-order chi connectivity index (χ1) is 21.0. The molecule has 14 heteroatoms. The smallest absolute Gasteiger partial charge is 0.385 e. The minimum atomic E-state index is -4.61. The lowest BCUT2D eigenvalue weighted by molar-refractivity contribution is -0.137. The number of nitrogens with zero attached hydrogens (tertiary/aromatic N) is 6. The monoisotopic (exact) mass is 615 g/mol. The first-order valence-electron chi connectivity index (χ1n) is 15.1. The third-order valence-electron chi connectivity index (χ3n) is 9.24. The summed E-state index contributed by atoms with van der Waals surface area (Å²) in [6.45, 7) is 5.03. The molecule has 3 N–H and O–H groups in total. The number of ether oxygens (including phenoxy) is 1. The number of anilines is 2. The molecule has 2 fully saturated rings. The van der Waals surface area contributed by atoms with E-state index in [1.54, 1.807) is 36.2 Å². The van der Waals surface area contributed by atoms with Gasteiger partial charge in [-0.05, 0) is 30.5 Å². The van der Waals surface area contributed by atoms with Crippen LogP contribution in [0.25, 0.3) is 11.1 Å². The van der Waals surface area contributed by atoms with Gasteiger partial charge in [-0.15, -0.1) is 0 Å². The summed E-state index contributed by atoms with van der Waals surface area (Å²) in [5.41, 5.74) is 2.11. The minimum Gasteiger partial charge on any atom is -0.385 e. The maximum Gasteiger partial charge on any atom is 0.417 e. The van der Waals surface area contributed by atoms with Crippen LogP contribution in [-0.4, -0.2) is 110 Å². The molecule has 44 heavy (non-hydrogen) atoms. The molecular weight excluding hydrogens is 575 g/mol. The van der Waals surface area contributed by atoms with Crippen molar-refractivity contribution in [2.75, 3.05) is 76.4 Å². The Bertz CT molecular complexity index is 1440. The molecule has 0 spiro atoms. The van der Waals surface area contributed by atoms with Crippen molar-refractivity contribution in [2.24, 2.45) is 7.05 Å². The molecule has 0 aliphatic carbocycles. The summed E-state index contributed by atoms with van der Waals surface area (Å²) in [5, 5.41) is 19.9. The molecule has 6 rings (SSSR count). The van der Waals surface area contributed by atoms with Crippen LogP contribution in [0.2, 0.25) is 0 Å². The Morgan fingerprint density at radius 3 is 2.43 bits per heavy atom. The number of alkyl halides is 3. The topological polar surface area (TPSA) is 105 Å². The fourth-order valence-electron chi connectivity index (χ4n) is 6.58. The van der Waals surface area contributed by atoms with Crippen LogP contribution in [0, 0.1) is 5.41 Å². The number of aromatic nitrogens is 2. The van der Waals surface area contributed by atoms with Gasteiger partial charge in [0, 0.05) is 89.4 Å². The van der Waals surface area contributed by atoms with Crippen molar-refractivity contribution in [3.05, 3.63) is 41.4 Å². The highest BCUT2D eigenvalue weighted by Crippen LogP contribution is 2.45. The average Bonchev–Trinajstić information content (AvgIpc) is 3.42. The van der Waals surface area contributed by atoms with Crippen LogP contribution in [-0.2, 0) is 18.0 Å². The largest absolute Gasteiger partial charge is 0.417 e. The zero-order chi connectivity index (χ0) is 31.2. The zero-order valence-corrected chi connectivity index (χ0v) is 25.4. The Hall–Kier alpha value is -3.78. The van der Waals surface area contributed by atoms with E-state index in [0.717, 1.165) is 50.9 Å². The van der Waals surface area contributed by atoms with Gasteiger partial charge in [0.25, 0.3) is 0 Å². The minimum absolute atomic E-state index is 0.0504. The summed E-state index contributed by atoms with van der Waals surface area (Å²) < 4.78 is 50.3. The molecule has 11 nitrogen and oxygen atoms in total. The predicted molar refractivity (Wildman–Crippen MR) is 162 cm³/mol. The molecule has 1 aromatic heterocycles. The van der Waals surface area contributed by atoms with Crippen molar-refractivity contribution in [1.29, 1.82) is 5.41 Å². The van der Waals surface area contributed by atoms with E-state index in [-0.39, 0.29) is 30.0 Å². The van der Waals surface area contributed by atoms with E-state index in [1.165, 1.54) is 10.9 Å². The summed E-state index contributed by atoms with van der Waals surface area (Å²) in [7, 11) is 5.09. The van der Waals surface area contributed by atoms with Crippen molar-refractivity contribution < 1.29 is 22.7 Å². The number of halogens is 3. The number of amidine groups is 1. The highest BCUT2D eigenvalue weighted by atomic mass is 19.4. The molecule has 0 saturated carbocycles. The number of carbonyl (C=O) groups is 1. The number of hydrogen-bond donors (Lipinski definition) is 3. The van der Waals surface area contributed by atoms with Crippen LogP contribution in [0.3, 0.4) is 0 Å². The van der Waals surface area contributed by atoms with Gasteiger partial charge in [-0.3, -0.25) is 15.0 Å². The quantitative estimate of drug-likeness (QED) is 0.351. The molecule has 5 heterocycles. The normalized spacial score (nSPS) is 20.5. The third kappa shape index (κ3) is 5.84. The lowest BCUT2D eigenvalue weighted by Gasteiger charge is -2.43. The van der Waals surface area contributed by atoms with Gasteiger partial charge in [-0.2, -0.15) is 18.3 Å². The van der Waals surface area contributed by atoms with E-state index in [9.17, 15) is 23.4 Å². The summed E-state index contributed by atoms with van der Waals surface area (Å²) in [4.78, 5) is 20.4. The fraction of sp³-hybridized carbons (Fsp3) is 0.567. The molecular formula is C30H40F3N9O2. The zero-order valence-electron chi connectivity index (χ0n) is 25.4. The first-order valence-corrected chi connectivity index (χ1v) is 15.1. The Morgan fingerprint density at radius 1 is 1.07 bits per heavy atom. The van der Waals surface area contributed by atoms with Gasteiger partial charge in [0.1, 0.15) is 5.84 Å².